The molecule has 0 aliphatic heterocycles. The van der Waals surface area contributed by atoms with Gasteiger partial charge in [0.05, 0.1) is 12.7 Å². The average molecular weight is 486 g/mol. The summed E-state index contributed by atoms with van der Waals surface area (Å²) in [4.78, 5) is 21.5. The van der Waals surface area contributed by atoms with Crippen molar-refractivity contribution < 1.29 is 19.4 Å². The zero-order chi connectivity index (χ0) is 24.9. The molecule has 0 saturated heterocycles. The normalized spacial score (nSPS) is 23.6. The molecule has 5 nitrogen and oxygen atoms in total. The first kappa shape index (κ1) is 26.3. The summed E-state index contributed by atoms with van der Waals surface area (Å²) >= 11 is 1.51. The fraction of sp³-hybridized carbons (Fsp3) is 0.571. The summed E-state index contributed by atoms with van der Waals surface area (Å²) in [7, 11) is 1.59. The van der Waals surface area contributed by atoms with E-state index in [2.05, 4.69) is 32.9 Å². The van der Waals surface area contributed by atoms with Gasteiger partial charge in [-0.1, -0.05) is 32.9 Å². The van der Waals surface area contributed by atoms with Crippen LogP contribution in [0.2, 0.25) is 0 Å². The zero-order valence-corrected chi connectivity index (χ0v) is 21.7. The Morgan fingerprint density at radius 3 is 2.53 bits per heavy atom. The number of thiophene rings is 1. The number of aliphatic carboxylic acids is 1. The predicted molar refractivity (Wildman–Crippen MR) is 139 cm³/mol. The maximum Gasteiger partial charge on any atom is 0.303 e. The number of carbonyl (C=O) groups is 2. The number of unbranched alkanes of at least 4 members (excludes halogenated alkanes) is 1. The van der Waals surface area contributed by atoms with Gasteiger partial charge in [0.15, 0.2) is 0 Å². The predicted octanol–water partition coefficient (Wildman–Crippen LogP) is 6.90. The SMILES string of the molecule is COc1ccc2scc(C(N)=O)c2c1.C[C@@H](C/C=C\CCCC(=O)O)C1CC2CC(C1)C2(C)C. The van der Waals surface area contributed by atoms with E-state index in [9.17, 15) is 9.59 Å². The van der Waals surface area contributed by atoms with Crippen molar-refractivity contribution in [2.24, 2.45) is 34.8 Å². The number of methoxy groups -OCH3 is 1. The summed E-state index contributed by atoms with van der Waals surface area (Å²) in [5.74, 6) is 3.28. The molecule has 1 amide bonds. The number of hydrogen-bond donors (Lipinski definition) is 2. The van der Waals surface area contributed by atoms with Gasteiger partial charge in [0.1, 0.15) is 5.75 Å². The molecule has 186 valence electrons. The van der Waals surface area contributed by atoms with Crippen molar-refractivity contribution in [1.82, 2.24) is 0 Å². The van der Waals surface area contributed by atoms with Gasteiger partial charge in [-0.15, -0.1) is 11.3 Å². The number of benzene rings is 1. The van der Waals surface area contributed by atoms with Crippen molar-refractivity contribution in [3.05, 3.63) is 41.3 Å². The molecule has 0 spiro atoms. The van der Waals surface area contributed by atoms with Crippen LogP contribution in [0.1, 0.15) is 76.1 Å². The van der Waals surface area contributed by atoms with E-state index >= 15 is 0 Å². The second-order valence-corrected chi connectivity index (χ2v) is 11.4. The van der Waals surface area contributed by atoms with Crippen LogP contribution < -0.4 is 10.5 Å². The Hall–Kier alpha value is -2.34. The lowest BCUT2D eigenvalue weighted by atomic mass is 9.46. The number of rotatable bonds is 9. The highest BCUT2D eigenvalue weighted by Gasteiger charge is 2.53. The van der Waals surface area contributed by atoms with Crippen molar-refractivity contribution in [3.8, 4) is 5.75 Å². The highest BCUT2D eigenvalue weighted by molar-refractivity contribution is 7.17. The number of carboxylic acids is 1. The molecule has 2 bridgehead atoms. The standard InChI is InChI=1S/C18H30O2.C10H9NO2S/c1-13(8-6-4-5-7-9-17(19)20)14-10-15-12-16(11-14)18(15,2)3;1-13-6-2-3-9-7(4-6)8(5-14-9)10(11)12/h4,6,13-16H,5,7-12H2,1-3H3,(H,19,20);2-5H,1H3,(H2,11,12)/b6-4-;/t13-,14?,15?,16?;/m0./s1. The van der Waals surface area contributed by atoms with Gasteiger partial charge in [-0.3, -0.25) is 9.59 Å². The van der Waals surface area contributed by atoms with Gasteiger partial charge in [0.2, 0.25) is 5.91 Å². The van der Waals surface area contributed by atoms with Crippen LogP contribution >= 0.6 is 11.3 Å². The van der Waals surface area contributed by atoms with Gasteiger partial charge in [-0.2, -0.15) is 0 Å². The van der Waals surface area contributed by atoms with Crippen molar-refractivity contribution in [3.63, 3.8) is 0 Å². The first-order valence-corrected chi connectivity index (χ1v) is 13.2. The minimum Gasteiger partial charge on any atom is -0.497 e. The minimum atomic E-state index is -0.684. The molecule has 3 N–H and O–H groups in total. The Kier molecular flexibility index (Phi) is 8.80. The van der Waals surface area contributed by atoms with Crippen LogP contribution in [-0.2, 0) is 4.79 Å². The average Bonchev–Trinajstić information content (AvgIpc) is 3.25. The van der Waals surface area contributed by atoms with Crippen LogP contribution in [0.3, 0.4) is 0 Å². The van der Waals surface area contributed by atoms with Gasteiger partial charge >= 0.3 is 5.97 Å². The first-order valence-electron chi connectivity index (χ1n) is 12.3. The fourth-order valence-corrected chi connectivity index (χ4v) is 6.46. The summed E-state index contributed by atoms with van der Waals surface area (Å²) in [6.07, 6.45) is 11.9. The summed E-state index contributed by atoms with van der Waals surface area (Å²) in [5.41, 5.74) is 6.42. The Balaban J connectivity index is 0.000000202. The third-order valence-electron chi connectivity index (χ3n) is 8.13. The van der Waals surface area contributed by atoms with Gasteiger partial charge in [0, 0.05) is 21.9 Å². The topological polar surface area (TPSA) is 89.6 Å². The van der Waals surface area contributed by atoms with Crippen LogP contribution in [-0.4, -0.2) is 24.1 Å². The van der Waals surface area contributed by atoms with Crippen LogP contribution in [0, 0.1) is 29.1 Å². The van der Waals surface area contributed by atoms with E-state index in [1.165, 1.54) is 30.6 Å². The third-order valence-corrected chi connectivity index (χ3v) is 9.10. The van der Waals surface area contributed by atoms with Crippen molar-refractivity contribution >= 4 is 33.3 Å². The molecular weight excluding hydrogens is 446 g/mol. The summed E-state index contributed by atoms with van der Waals surface area (Å²) in [6.45, 7) is 7.30. The molecule has 34 heavy (non-hydrogen) atoms. The molecule has 2 unspecified atom stereocenters. The monoisotopic (exact) mass is 485 g/mol. The van der Waals surface area contributed by atoms with Crippen molar-refractivity contribution in [2.45, 2.75) is 65.7 Å². The zero-order valence-electron chi connectivity index (χ0n) is 20.9. The number of fused-ring (bicyclic) bond motifs is 3. The number of ether oxygens (including phenoxy) is 1. The van der Waals surface area contributed by atoms with E-state index in [4.69, 9.17) is 15.6 Å². The molecule has 1 aromatic heterocycles. The number of primary amides is 1. The molecule has 3 fully saturated rings. The molecule has 3 aliphatic rings. The van der Waals surface area contributed by atoms with Gasteiger partial charge in [0.25, 0.3) is 0 Å². The minimum absolute atomic E-state index is 0.293. The molecule has 3 saturated carbocycles. The van der Waals surface area contributed by atoms with Crippen LogP contribution in [0.15, 0.2) is 35.7 Å². The van der Waals surface area contributed by atoms with Crippen molar-refractivity contribution in [2.75, 3.05) is 7.11 Å². The number of amides is 1. The molecule has 0 radical (unpaired) electrons. The molecule has 2 aromatic rings. The smallest absolute Gasteiger partial charge is 0.303 e. The van der Waals surface area contributed by atoms with E-state index in [0.717, 1.165) is 58.8 Å². The van der Waals surface area contributed by atoms with Crippen LogP contribution in [0.5, 0.6) is 5.75 Å². The Labute approximate surface area is 207 Å². The van der Waals surface area contributed by atoms with E-state index in [1.54, 1.807) is 12.5 Å². The van der Waals surface area contributed by atoms with Gasteiger partial charge < -0.3 is 15.6 Å². The lowest BCUT2D eigenvalue weighted by Gasteiger charge is -2.59. The highest BCUT2D eigenvalue weighted by atomic mass is 32.1. The molecular formula is C28H39NO4S. The lowest BCUT2D eigenvalue weighted by molar-refractivity contribution is -0.137. The second-order valence-electron chi connectivity index (χ2n) is 10.5. The van der Waals surface area contributed by atoms with E-state index in [0.29, 0.717) is 17.4 Å². The largest absolute Gasteiger partial charge is 0.497 e. The number of allylic oxidation sites excluding steroid dienone is 2. The Bertz CT molecular complexity index is 1010. The molecule has 1 heterocycles. The number of carboxylic acid groups (broad SMARTS) is 1. The van der Waals surface area contributed by atoms with E-state index < -0.39 is 11.9 Å². The van der Waals surface area contributed by atoms with E-state index in [1.807, 2.05) is 18.2 Å². The fourth-order valence-electron chi connectivity index (χ4n) is 5.53. The number of hydrogen-bond acceptors (Lipinski definition) is 4. The maximum atomic E-state index is 11.1. The highest BCUT2D eigenvalue weighted by Crippen LogP contribution is 2.61. The summed E-state index contributed by atoms with van der Waals surface area (Å²) in [6, 6.07) is 5.61. The molecule has 5 rings (SSSR count). The maximum absolute atomic E-state index is 11.1. The van der Waals surface area contributed by atoms with Crippen LogP contribution in [0.4, 0.5) is 0 Å². The number of nitrogens with two attached hydrogens (primary N) is 1. The Morgan fingerprint density at radius 1 is 1.24 bits per heavy atom. The lowest BCUT2D eigenvalue weighted by Crippen LogP contribution is -2.51. The number of carbonyl (C=O) groups excluding carboxylic acids is 1. The summed E-state index contributed by atoms with van der Waals surface area (Å²) < 4.78 is 6.12. The van der Waals surface area contributed by atoms with E-state index in [-0.39, 0.29) is 0 Å². The van der Waals surface area contributed by atoms with Gasteiger partial charge in [-0.25, -0.2) is 0 Å². The molecule has 6 heteroatoms. The molecule has 3 atom stereocenters. The summed E-state index contributed by atoms with van der Waals surface area (Å²) in [5, 5.41) is 11.2. The van der Waals surface area contributed by atoms with Crippen LogP contribution in [0.25, 0.3) is 10.1 Å². The molecule has 1 aromatic carbocycles. The molecule has 3 aliphatic carbocycles. The first-order chi connectivity index (χ1) is 16.1. The third kappa shape index (κ3) is 6.21. The quantitative estimate of drug-likeness (QED) is 0.298. The second kappa shape index (κ2) is 11.4. The Morgan fingerprint density at radius 2 is 1.94 bits per heavy atom. The van der Waals surface area contributed by atoms with Gasteiger partial charge in [-0.05, 0) is 85.8 Å². The van der Waals surface area contributed by atoms with Crippen molar-refractivity contribution in [1.29, 1.82) is 0 Å².